The molecule has 4 rings (SSSR count). The molecule has 0 saturated carbocycles. The second-order valence-corrected chi connectivity index (χ2v) is 6.27. The van der Waals surface area contributed by atoms with Crippen molar-refractivity contribution in [2.75, 3.05) is 19.8 Å². The van der Waals surface area contributed by atoms with Crippen LogP contribution in [0.25, 0.3) is 0 Å². The van der Waals surface area contributed by atoms with Crippen molar-refractivity contribution in [1.82, 2.24) is 4.90 Å². The van der Waals surface area contributed by atoms with E-state index in [1.165, 1.54) is 12.1 Å². The Morgan fingerprint density at radius 2 is 1.80 bits per heavy atom. The maximum absolute atomic E-state index is 13.2. The fourth-order valence-electron chi connectivity index (χ4n) is 3.38. The Balaban J connectivity index is 1.62. The zero-order valence-electron chi connectivity index (χ0n) is 13.5. The first kappa shape index (κ1) is 15.9. The van der Waals surface area contributed by atoms with Crippen LogP contribution >= 0.6 is 0 Å². The number of β-amino-alcohol motifs (C(OH)–C–C–N with tert-alkyl or cyclic N) is 1. The van der Waals surface area contributed by atoms with Gasteiger partial charge in [-0.2, -0.15) is 0 Å². The summed E-state index contributed by atoms with van der Waals surface area (Å²) in [5.74, 6) is 0.657. The molecule has 2 heterocycles. The molecule has 2 aliphatic heterocycles. The molecule has 2 aliphatic rings. The number of fused-ring (bicyclic) bond motifs is 1. The number of carbonyl (C=O) groups is 1. The normalized spacial score (nSPS) is 22.1. The Bertz CT molecular complexity index is 793. The van der Waals surface area contributed by atoms with Crippen molar-refractivity contribution >= 4 is 5.91 Å². The fraction of sp³-hybridized carbons (Fsp3) is 0.316. The van der Waals surface area contributed by atoms with E-state index in [2.05, 4.69) is 0 Å². The number of benzene rings is 2. The molecule has 1 N–H and O–H groups in total. The minimum Gasteiger partial charge on any atom is -0.486 e. The Morgan fingerprint density at radius 1 is 1.08 bits per heavy atom. The van der Waals surface area contributed by atoms with Crippen LogP contribution in [0.5, 0.6) is 11.5 Å². The van der Waals surface area contributed by atoms with Gasteiger partial charge in [-0.25, -0.2) is 4.39 Å². The SMILES string of the molecule is O=C(c1ccc2c(c1)OCCO2)N1C[C@@H](O)C[C@@H]1c1ccc(F)cc1. The monoisotopic (exact) mass is 343 g/mol. The van der Waals surface area contributed by atoms with Crippen LogP contribution in [0.1, 0.15) is 28.4 Å². The highest BCUT2D eigenvalue weighted by atomic mass is 19.1. The Hall–Kier alpha value is -2.60. The minimum absolute atomic E-state index is 0.192. The predicted octanol–water partition coefficient (Wildman–Crippen LogP) is 2.55. The van der Waals surface area contributed by atoms with E-state index in [4.69, 9.17) is 9.47 Å². The van der Waals surface area contributed by atoms with Gasteiger partial charge in [-0.3, -0.25) is 4.79 Å². The van der Waals surface area contributed by atoms with Gasteiger partial charge in [-0.15, -0.1) is 0 Å². The number of aliphatic hydroxyl groups is 1. The number of ether oxygens (including phenoxy) is 2. The highest BCUT2D eigenvalue weighted by molar-refractivity contribution is 5.95. The molecule has 0 radical (unpaired) electrons. The molecule has 2 atom stereocenters. The van der Waals surface area contributed by atoms with E-state index in [0.717, 1.165) is 5.56 Å². The zero-order chi connectivity index (χ0) is 17.4. The summed E-state index contributed by atoms with van der Waals surface area (Å²) < 4.78 is 24.2. The summed E-state index contributed by atoms with van der Waals surface area (Å²) in [7, 11) is 0. The van der Waals surface area contributed by atoms with Gasteiger partial charge in [0.15, 0.2) is 11.5 Å². The standard InChI is InChI=1S/C19H18FNO4/c20-14-4-1-12(2-5-14)16-10-15(22)11-21(16)19(23)13-3-6-17-18(9-13)25-8-7-24-17/h1-6,9,15-16,22H,7-8,10-11H2/t15-,16+/m0/s1. The van der Waals surface area contributed by atoms with Crippen molar-refractivity contribution in [3.05, 3.63) is 59.4 Å². The van der Waals surface area contributed by atoms with Gasteiger partial charge in [0.05, 0.1) is 12.1 Å². The molecule has 0 bridgehead atoms. The summed E-state index contributed by atoms with van der Waals surface area (Å²) in [5, 5.41) is 10.1. The van der Waals surface area contributed by atoms with E-state index < -0.39 is 6.10 Å². The highest BCUT2D eigenvalue weighted by Crippen LogP contribution is 2.36. The van der Waals surface area contributed by atoms with Crippen molar-refractivity contribution in [3.63, 3.8) is 0 Å². The molecular weight excluding hydrogens is 325 g/mol. The smallest absolute Gasteiger partial charge is 0.254 e. The molecule has 1 amide bonds. The van der Waals surface area contributed by atoms with Gasteiger partial charge >= 0.3 is 0 Å². The third kappa shape index (κ3) is 3.05. The van der Waals surface area contributed by atoms with Crippen LogP contribution in [-0.2, 0) is 0 Å². The van der Waals surface area contributed by atoms with Gasteiger partial charge in [0.1, 0.15) is 19.0 Å². The maximum Gasteiger partial charge on any atom is 0.254 e. The van der Waals surface area contributed by atoms with Gasteiger partial charge in [-0.1, -0.05) is 12.1 Å². The molecule has 130 valence electrons. The predicted molar refractivity (Wildman–Crippen MR) is 88.2 cm³/mol. The summed E-state index contributed by atoms with van der Waals surface area (Å²) in [6.07, 6.45) is -0.168. The van der Waals surface area contributed by atoms with Gasteiger partial charge in [0.2, 0.25) is 0 Å². The molecule has 5 nitrogen and oxygen atoms in total. The first-order valence-corrected chi connectivity index (χ1v) is 8.26. The van der Waals surface area contributed by atoms with Crippen LogP contribution < -0.4 is 9.47 Å². The van der Waals surface area contributed by atoms with Gasteiger partial charge in [-0.05, 0) is 42.3 Å². The van der Waals surface area contributed by atoms with Crippen molar-refractivity contribution in [1.29, 1.82) is 0 Å². The average molecular weight is 343 g/mol. The van der Waals surface area contributed by atoms with Crippen molar-refractivity contribution in [2.45, 2.75) is 18.6 Å². The molecule has 25 heavy (non-hydrogen) atoms. The molecular formula is C19H18FNO4. The number of amides is 1. The topological polar surface area (TPSA) is 59.0 Å². The Kier molecular flexibility index (Phi) is 4.05. The second-order valence-electron chi connectivity index (χ2n) is 6.27. The summed E-state index contributed by atoms with van der Waals surface area (Å²) in [4.78, 5) is 14.6. The number of carbonyl (C=O) groups excluding carboxylic acids is 1. The summed E-state index contributed by atoms with van der Waals surface area (Å²) >= 11 is 0. The van der Waals surface area contributed by atoms with Crippen LogP contribution in [-0.4, -0.2) is 41.8 Å². The number of hydrogen-bond donors (Lipinski definition) is 1. The lowest BCUT2D eigenvalue weighted by atomic mass is 10.0. The maximum atomic E-state index is 13.2. The first-order valence-electron chi connectivity index (χ1n) is 8.26. The van der Waals surface area contributed by atoms with Crippen LogP contribution in [0.3, 0.4) is 0 Å². The summed E-state index contributed by atoms with van der Waals surface area (Å²) in [6.45, 7) is 1.19. The van der Waals surface area contributed by atoms with Crippen LogP contribution in [0.4, 0.5) is 4.39 Å². The van der Waals surface area contributed by atoms with E-state index in [9.17, 15) is 14.3 Å². The number of hydrogen-bond acceptors (Lipinski definition) is 4. The number of aliphatic hydroxyl groups excluding tert-OH is 1. The van der Waals surface area contributed by atoms with E-state index >= 15 is 0 Å². The van der Waals surface area contributed by atoms with E-state index in [-0.39, 0.29) is 24.3 Å². The largest absolute Gasteiger partial charge is 0.486 e. The van der Waals surface area contributed by atoms with Gasteiger partial charge in [0.25, 0.3) is 5.91 Å². The molecule has 0 aromatic heterocycles. The third-order valence-electron chi connectivity index (χ3n) is 4.58. The quantitative estimate of drug-likeness (QED) is 0.910. The highest BCUT2D eigenvalue weighted by Gasteiger charge is 2.36. The lowest BCUT2D eigenvalue weighted by molar-refractivity contribution is 0.0714. The van der Waals surface area contributed by atoms with Crippen molar-refractivity contribution < 1.29 is 23.8 Å². The van der Waals surface area contributed by atoms with Gasteiger partial charge < -0.3 is 19.5 Å². The van der Waals surface area contributed by atoms with E-state index in [1.807, 2.05) is 0 Å². The van der Waals surface area contributed by atoms with Crippen LogP contribution in [0, 0.1) is 5.82 Å². The molecule has 2 aromatic carbocycles. The average Bonchev–Trinajstić information content (AvgIpc) is 3.03. The van der Waals surface area contributed by atoms with Crippen molar-refractivity contribution in [3.8, 4) is 11.5 Å². The molecule has 1 fully saturated rings. The second kappa shape index (κ2) is 6.37. The van der Waals surface area contributed by atoms with Gasteiger partial charge in [0, 0.05) is 12.1 Å². The lowest BCUT2D eigenvalue weighted by Gasteiger charge is -2.26. The van der Waals surface area contributed by atoms with E-state index in [1.54, 1.807) is 35.2 Å². The number of halogens is 1. The minimum atomic E-state index is -0.601. The zero-order valence-corrected chi connectivity index (χ0v) is 13.5. The molecule has 0 aliphatic carbocycles. The van der Waals surface area contributed by atoms with Crippen molar-refractivity contribution in [2.24, 2.45) is 0 Å². The number of rotatable bonds is 2. The molecule has 6 heteroatoms. The lowest BCUT2D eigenvalue weighted by Crippen LogP contribution is -2.32. The molecule has 0 unspecified atom stereocenters. The Labute approximate surface area is 144 Å². The van der Waals surface area contributed by atoms with E-state index in [0.29, 0.717) is 36.7 Å². The van der Waals surface area contributed by atoms with Crippen LogP contribution in [0.2, 0.25) is 0 Å². The fourth-order valence-corrected chi connectivity index (χ4v) is 3.38. The molecule has 2 aromatic rings. The molecule has 0 spiro atoms. The number of likely N-dealkylation sites (tertiary alicyclic amines) is 1. The number of nitrogens with zero attached hydrogens (tertiary/aromatic N) is 1. The Morgan fingerprint density at radius 3 is 2.56 bits per heavy atom. The molecule has 1 saturated heterocycles. The summed E-state index contributed by atoms with van der Waals surface area (Å²) in [5.41, 5.74) is 1.29. The third-order valence-corrected chi connectivity index (χ3v) is 4.58. The first-order chi connectivity index (χ1) is 12.1. The van der Waals surface area contributed by atoms with Crippen LogP contribution in [0.15, 0.2) is 42.5 Å². The summed E-state index contributed by atoms with van der Waals surface area (Å²) in [6, 6.07) is 10.9.